The Kier molecular flexibility index (Phi) is 14.4. The number of amides is 1. The summed E-state index contributed by atoms with van der Waals surface area (Å²) in [5, 5.41) is 2.75. The molecule has 0 radical (unpaired) electrons. The van der Waals surface area contributed by atoms with Crippen LogP contribution < -0.4 is 11.1 Å². The predicted molar refractivity (Wildman–Crippen MR) is 172 cm³/mol. The lowest BCUT2D eigenvalue weighted by molar-refractivity contribution is -0.308. The van der Waals surface area contributed by atoms with E-state index in [4.69, 9.17) is 34.2 Å². The monoisotopic (exact) mass is 626 g/mol. The van der Waals surface area contributed by atoms with E-state index in [1.54, 1.807) is 0 Å². The lowest BCUT2D eigenvalue weighted by Crippen LogP contribution is -2.53. The molecule has 0 aromatic carbocycles. The summed E-state index contributed by atoms with van der Waals surface area (Å²) >= 11 is 0. The van der Waals surface area contributed by atoms with Gasteiger partial charge in [0.2, 0.25) is 5.91 Å². The van der Waals surface area contributed by atoms with Crippen LogP contribution >= 0.6 is 0 Å². The van der Waals surface area contributed by atoms with Crippen LogP contribution in [0.25, 0.3) is 0 Å². The zero-order valence-corrected chi connectivity index (χ0v) is 29.8. The van der Waals surface area contributed by atoms with Crippen LogP contribution in [0.5, 0.6) is 0 Å². The van der Waals surface area contributed by atoms with E-state index in [2.05, 4.69) is 74.6 Å². The van der Waals surface area contributed by atoms with E-state index in [0.29, 0.717) is 36.9 Å². The number of hydrogen-bond acceptors (Lipinski definition) is 8. The molecule has 1 amide bonds. The molecule has 0 saturated carbocycles. The van der Waals surface area contributed by atoms with Crippen LogP contribution in [0.2, 0.25) is 0 Å². The van der Waals surface area contributed by atoms with Crippen molar-refractivity contribution in [3.05, 3.63) is 0 Å². The van der Waals surface area contributed by atoms with Crippen LogP contribution in [0.3, 0.4) is 0 Å². The molecule has 258 valence electrons. The maximum atomic E-state index is 12.7. The first-order chi connectivity index (χ1) is 20.7. The van der Waals surface area contributed by atoms with Crippen LogP contribution in [0.15, 0.2) is 0 Å². The summed E-state index contributed by atoms with van der Waals surface area (Å²) in [6.07, 6.45) is 0.0831. The highest BCUT2D eigenvalue weighted by atomic mass is 16.7. The van der Waals surface area contributed by atoms with Gasteiger partial charge in [-0.2, -0.15) is 0 Å². The number of nitrogens with one attached hydrogen (secondary N) is 1. The van der Waals surface area contributed by atoms with Gasteiger partial charge in [-0.25, -0.2) is 0 Å². The molecule has 15 atom stereocenters. The van der Waals surface area contributed by atoms with E-state index >= 15 is 0 Å². The van der Waals surface area contributed by atoms with Crippen molar-refractivity contribution >= 4 is 5.91 Å². The Bertz CT molecular complexity index is 874. The molecular weight excluding hydrogens is 560 g/mol. The molecule has 6 unspecified atom stereocenters. The first-order valence-electron chi connectivity index (χ1n) is 17.5. The second-order valence-corrected chi connectivity index (χ2v) is 15.2. The first kappa shape index (κ1) is 37.6. The van der Waals surface area contributed by atoms with Gasteiger partial charge in [-0.15, -0.1) is 0 Å². The molecule has 0 aromatic rings. The molecule has 3 N–H and O–H groups in total. The van der Waals surface area contributed by atoms with E-state index < -0.39 is 6.29 Å². The van der Waals surface area contributed by atoms with Crippen LogP contribution in [0.4, 0.5) is 0 Å². The van der Waals surface area contributed by atoms with Gasteiger partial charge in [0.25, 0.3) is 0 Å². The molecule has 44 heavy (non-hydrogen) atoms. The van der Waals surface area contributed by atoms with Crippen molar-refractivity contribution in [1.29, 1.82) is 0 Å². The number of rotatable bonds is 13. The maximum Gasteiger partial charge on any atom is 0.221 e. The first-order valence-corrected chi connectivity index (χ1v) is 17.5. The van der Waals surface area contributed by atoms with Gasteiger partial charge in [0.15, 0.2) is 18.9 Å². The van der Waals surface area contributed by atoms with Crippen molar-refractivity contribution in [3.63, 3.8) is 0 Å². The van der Waals surface area contributed by atoms with Crippen LogP contribution in [-0.2, 0) is 33.2 Å². The fourth-order valence-corrected chi connectivity index (χ4v) is 7.30. The van der Waals surface area contributed by atoms with Crippen LogP contribution in [0.1, 0.15) is 95.9 Å². The Morgan fingerprint density at radius 1 is 0.659 bits per heavy atom. The van der Waals surface area contributed by atoms with E-state index in [1.807, 2.05) is 13.8 Å². The number of nitrogens with two attached hydrogens (primary N) is 1. The molecule has 3 aliphatic heterocycles. The molecule has 3 fully saturated rings. The quantitative estimate of drug-likeness (QED) is 0.247. The topological polar surface area (TPSA) is 111 Å². The SMILES string of the molecule is CC(C)CC1O[C@@H](OCC2O[C@@H](OCC3O[C@@H](OC(C)C)C(C)[C@@H](C)[C@H]3C)C(CC(=O)NCN)[C@@H](C)[C@H]2C)C(C)[C@@H](C)[C@H]1C. The van der Waals surface area contributed by atoms with Crippen molar-refractivity contribution in [1.82, 2.24) is 5.32 Å². The fraction of sp³-hybridized carbons (Fsp3) is 0.971. The van der Waals surface area contributed by atoms with E-state index in [9.17, 15) is 4.79 Å². The largest absolute Gasteiger partial charge is 0.350 e. The standard InChI is InChI=1S/C35H66N2O7/c1-18(2)13-29-23(8)20(5)26(11)33(42-29)39-15-31-25(10)22(7)28(14-32(38)37-17-36)35(44-31)40-16-30-24(9)21(6)27(12)34(43-30)41-19(3)4/h18-31,33-35H,13-17,36H2,1-12H3,(H,37,38)/t20-,21-,22-,23+,24+,25+,26?,27?,28?,29?,30?,31?,33+,34+,35+/m0/s1. The maximum absolute atomic E-state index is 12.7. The van der Waals surface area contributed by atoms with Gasteiger partial charge < -0.3 is 39.5 Å². The van der Waals surface area contributed by atoms with Gasteiger partial charge >= 0.3 is 0 Å². The Labute approximate surface area is 268 Å². The third-order valence-corrected chi connectivity index (χ3v) is 11.4. The molecule has 0 bridgehead atoms. The zero-order valence-electron chi connectivity index (χ0n) is 29.8. The third-order valence-electron chi connectivity index (χ3n) is 11.4. The molecule has 0 aromatic heterocycles. The molecule has 9 nitrogen and oxygen atoms in total. The Morgan fingerprint density at radius 3 is 1.68 bits per heavy atom. The number of carbonyl (C=O) groups excluding carboxylic acids is 1. The lowest BCUT2D eigenvalue weighted by atomic mass is 9.76. The molecule has 0 aliphatic carbocycles. The summed E-state index contributed by atoms with van der Waals surface area (Å²) in [4.78, 5) is 12.7. The minimum absolute atomic E-state index is 0.0718. The van der Waals surface area contributed by atoms with Crippen LogP contribution in [-0.4, -0.2) is 69.1 Å². The Balaban J connectivity index is 1.73. The van der Waals surface area contributed by atoms with Gasteiger partial charge in [-0.05, 0) is 61.7 Å². The van der Waals surface area contributed by atoms with Crippen LogP contribution in [0, 0.1) is 59.2 Å². The molecular formula is C35H66N2O7. The molecule has 3 rings (SSSR count). The van der Waals surface area contributed by atoms with Gasteiger partial charge in [0, 0.05) is 24.2 Å². The molecule has 0 spiro atoms. The van der Waals surface area contributed by atoms with E-state index in [1.165, 1.54) is 0 Å². The normalized spacial score (nSPS) is 43.4. The average Bonchev–Trinajstić information content (AvgIpc) is 2.95. The van der Waals surface area contributed by atoms with E-state index in [-0.39, 0.29) is 91.5 Å². The smallest absolute Gasteiger partial charge is 0.221 e. The minimum atomic E-state index is -0.578. The zero-order chi connectivity index (χ0) is 32.9. The summed E-state index contributed by atoms with van der Waals surface area (Å²) in [5.74, 6) is 2.86. The van der Waals surface area contributed by atoms with Gasteiger partial charge in [-0.3, -0.25) is 4.79 Å². The highest BCUT2D eigenvalue weighted by Gasteiger charge is 2.46. The highest BCUT2D eigenvalue weighted by Crippen LogP contribution is 2.42. The summed E-state index contributed by atoms with van der Waals surface area (Å²) in [6, 6.07) is 0. The number of hydrogen-bond donors (Lipinski definition) is 2. The summed E-state index contributed by atoms with van der Waals surface area (Å²) in [7, 11) is 0. The summed E-state index contributed by atoms with van der Waals surface area (Å²) in [5.41, 5.74) is 5.62. The molecule has 3 heterocycles. The highest BCUT2D eigenvalue weighted by molar-refractivity contribution is 5.76. The minimum Gasteiger partial charge on any atom is -0.350 e. The van der Waals surface area contributed by atoms with Crippen molar-refractivity contribution in [2.75, 3.05) is 19.9 Å². The molecule has 3 aliphatic rings. The number of ether oxygens (including phenoxy) is 6. The van der Waals surface area contributed by atoms with Crippen molar-refractivity contribution in [2.45, 2.75) is 139 Å². The second kappa shape index (κ2) is 16.8. The second-order valence-electron chi connectivity index (χ2n) is 15.2. The summed E-state index contributed by atoms with van der Waals surface area (Å²) < 4.78 is 39.0. The van der Waals surface area contributed by atoms with Gasteiger partial charge in [-0.1, -0.05) is 69.2 Å². The van der Waals surface area contributed by atoms with Crippen molar-refractivity contribution in [2.24, 2.45) is 64.9 Å². The Morgan fingerprint density at radius 2 is 1.14 bits per heavy atom. The van der Waals surface area contributed by atoms with Gasteiger partial charge in [0.05, 0.1) is 44.3 Å². The van der Waals surface area contributed by atoms with Crippen molar-refractivity contribution in [3.8, 4) is 0 Å². The fourth-order valence-electron chi connectivity index (χ4n) is 7.30. The lowest BCUT2D eigenvalue weighted by Gasteiger charge is -2.47. The number of carbonyl (C=O) groups is 1. The molecule has 3 saturated heterocycles. The van der Waals surface area contributed by atoms with Gasteiger partial charge in [0.1, 0.15) is 0 Å². The molecule has 9 heteroatoms. The summed E-state index contributed by atoms with van der Waals surface area (Å²) in [6.45, 7) is 27.3. The van der Waals surface area contributed by atoms with Crippen molar-refractivity contribution < 1.29 is 33.2 Å². The Hall–Kier alpha value is -0.810. The van der Waals surface area contributed by atoms with E-state index in [0.717, 1.165) is 6.42 Å². The average molecular weight is 627 g/mol. The third kappa shape index (κ3) is 9.39. The predicted octanol–water partition coefficient (Wildman–Crippen LogP) is 5.79.